The third kappa shape index (κ3) is 3.96. The molecule has 1 fully saturated rings. The summed E-state index contributed by atoms with van der Waals surface area (Å²) < 4.78 is 2.05. The number of aryl methyl sites for hydroxylation is 1. The molecule has 1 amide bonds. The van der Waals surface area contributed by atoms with Crippen molar-refractivity contribution in [1.82, 2.24) is 14.5 Å². The fraction of sp³-hybridized carbons (Fsp3) is 0.444. The normalized spacial score (nSPS) is 18.2. The van der Waals surface area contributed by atoms with Gasteiger partial charge in [0.25, 0.3) is 0 Å². The molecule has 0 bridgehead atoms. The molecule has 1 aliphatic heterocycles. The Morgan fingerprint density at radius 3 is 3.09 bits per heavy atom. The van der Waals surface area contributed by atoms with Crippen molar-refractivity contribution in [2.45, 2.75) is 31.8 Å². The standard InChI is InChI=1S/C18H23N3OS/c1-14-5-3-7-16(11-14)21-10-8-19-18(21)23-13-17(22)20-9-4-6-15(2)12-20/h3,5,7-8,10-11,15H,4,6,9,12-13H2,1-2H3. The lowest BCUT2D eigenvalue weighted by Crippen LogP contribution is -2.40. The van der Waals surface area contributed by atoms with Gasteiger partial charge in [0.1, 0.15) is 0 Å². The van der Waals surface area contributed by atoms with E-state index in [-0.39, 0.29) is 5.91 Å². The lowest BCUT2D eigenvalue weighted by molar-refractivity contribution is -0.130. The fourth-order valence-corrected chi connectivity index (χ4v) is 3.88. The molecule has 0 aliphatic carbocycles. The van der Waals surface area contributed by atoms with Crippen molar-refractivity contribution in [3.8, 4) is 5.69 Å². The van der Waals surface area contributed by atoms with Gasteiger partial charge in [0.05, 0.1) is 5.75 Å². The molecule has 1 saturated heterocycles. The van der Waals surface area contributed by atoms with E-state index in [0.29, 0.717) is 11.7 Å². The number of amides is 1. The number of rotatable bonds is 4. The van der Waals surface area contributed by atoms with E-state index >= 15 is 0 Å². The molecule has 0 N–H and O–H groups in total. The molecule has 0 spiro atoms. The zero-order valence-corrected chi connectivity index (χ0v) is 14.6. The second-order valence-electron chi connectivity index (χ2n) is 6.29. The summed E-state index contributed by atoms with van der Waals surface area (Å²) in [4.78, 5) is 18.8. The Morgan fingerprint density at radius 2 is 2.30 bits per heavy atom. The van der Waals surface area contributed by atoms with E-state index in [4.69, 9.17) is 0 Å². The van der Waals surface area contributed by atoms with Crippen molar-refractivity contribution in [1.29, 1.82) is 0 Å². The van der Waals surface area contributed by atoms with Crippen LogP contribution in [0.3, 0.4) is 0 Å². The minimum Gasteiger partial charge on any atom is -0.342 e. The summed E-state index contributed by atoms with van der Waals surface area (Å²) in [5.41, 5.74) is 2.30. The van der Waals surface area contributed by atoms with Crippen LogP contribution >= 0.6 is 11.8 Å². The Morgan fingerprint density at radius 1 is 1.43 bits per heavy atom. The molecule has 1 atom stereocenters. The number of thioether (sulfide) groups is 1. The van der Waals surface area contributed by atoms with E-state index in [9.17, 15) is 4.79 Å². The van der Waals surface area contributed by atoms with E-state index < -0.39 is 0 Å². The number of likely N-dealkylation sites (tertiary alicyclic amines) is 1. The number of piperidine rings is 1. The second kappa shape index (κ2) is 7.21. The highest BCUT2D eigenvalue weighted by molar-refractivity contribution is 7.99. The third-order valence-electron chi connectivity index (χ3n) is 4.22. The summed E-state index contributed by atoms with van der Waals surface area (Å²) in [6.45, 7) is 6.09. The summed E-state index contributed by atoms with van der Waals surface area (Å²) in [5.74, 6) is 1.29. The predicted octanol–water partition coefficient (Wildman–Crippen LogP) is 3.53. The Hall–Kier alpha value is -1.75. The van der Waals surface area contributed by atoms with Crippen LogP contribution in [-0.2, 0) is 4.79 Å². The maximum atomic E-state index is 12.4. The Balaban J connectivity index is 1.65. The van der Waals surface area contributed by atoms with Gasteiger partial charge in [-0.1, -0.05) is 30.8 Å². The molecule has 4 nitrogen and oxygen atoms in total. The Kier molecular flexibility index (Phi) is 5.06. The van der Waals surface area contributed by atoms with Gasteiger partial charge in [0.2, 0.25) is 5.91 Å². The quantitative estimate of drug-likeness (QED) is 0.805. The highest BCUT2D eigenvalue weighted by Crippen LogP contribution is 2.23. The van der Waals surface area contributed by atoms with E-state index in [1.807, 2.05) is 21.7 Å². The topological polar surface area (TPSA) is 38.1 Å². The van der Waals surface area contributed by atoms with Crippen LogP contribution < -0.4 is 0 Å². The molecule has 3 rings (SSSR count). The van der Waals surface area contributed by atoms with E-state index in [1.165, 1.54) is 23.7 Å². The maximum absolute atomic E-state index is 12.4. The van der Waals surface area contributed by atoms with Crippen molar-refractivity contribution in [2.75, 3.05) is 18.8 Å². The summed E-state index contributed by atoms with van der Waals surface area (Å²) in [6.07, 6.45) is 6.09. The van der Waals surface area contributed by atoms with Crippen LogP contribution in [0, 0.1) is 12.8 Å². The average Bonchev–Trinajstić information content (AvgIpc) is 3.01. The number of carbonyl (C=O) groups excluding carboxylic acids is 1. The number of nitrogens with zero attached hydrogens (tertiary/aromatic N) is 3. The minimum atomic E-state index is 0.223. The first kappa shape index (κ1) is 16.1. The molecule has 23 heavy (non-hydrogen) atoms. The van der Waals surface area contributed by atoms with Crippen LogP contribution in [0.15, 0.2) is 41.8 Å². The van der Waals surface area contributed by atoms with Gasteiger partial charge in [-0.25, -0.2) is 4.98 Å². The smallest absolute Gasteiger partial charge is 0.233 e. The molecule has 122 valence electrons. The predicted molar refractivity (Wildman–Crippen MR) is 94.0 cm³/mol. The summed E-state index contributed by atoms with van der Waals surface area (Å²) >= 11 is 1.52. The lowest BCUT2D eigenvalue weighted by Gasteiger charge is -2.30. The van der Waals surface area contributed by atoms with Crippen molar-refractivity contribution in [3.63, 3.8) is 0 Å². The van der Waals surface area contributed by atoms with E-state index in [0.717, 1.165) is 30.4 Å². The third-order valence-corrected chi connectivity index (χ3v) is 5.17. The fourth-order valence-electron chi connectivity index (χ4n) is 3.00. The van der Waals surface area contributed by atoms with Crippen LogP contribution in [0.4, 0.5) is 0 Å². The number of hydrogen-bond acceptors (Lipinski definition) is 3. The summed E-state index contributed by atoms with van der Waals surface area (Å²) in [7, 11) is 0. The second-order valence-corrected chi connectivity index (χ2v) is 7.24. The number of carbonyl (C=O) groups is 1. The zero-order chi connectivity index (χ0) is 16.2. The zero-order valence-electron chi connectivity index (χ0n) is 13.7. The van der Waals surface area contributed by atoms with Gasteiger partial charge in [-0.15, -0.1) is 0 Å². The largest absolute Gasteiger partial charge is 0.342 e. The van der Waals surface area contributed by atoms with Crippen LogP contribution in [0.5, 0.6) is 0 Å². The molecule has 1 unspecified atom stereocenters. The molecule has 1 aromatic carbocycles. The van der Waals surface area contributed by atoms with Crippen molar-refractivity contribution < 1.29 is 4.79 Å². The van der Waals surface area contributed by atoms with Gasteiger partial charge < -0.3 is 4.90 Å². The molecule has 2 aromatic rings. The molecule has 0 saturated carbocycles. The number of imidazole rings is 1. The highest BCUT2D eigenvalue weighted by atomic mass is 32.2. The SMILES string of the molecule is Cc1cccc(-n2ccnc2SCC(=O)N2CCCC(C)C2)c1. The highest BCUT2D eigenvalue weighted by Gasteiger charge is 2.21. The van der Waals surface area contributed by atoms with Crippen molar-refractivity contribution >= 4 is 17.7 Å². The van der Waals surface area contributed by atoms with E-state index in [2.05, 4.69) is 37.0 Å². The van der Waals surface area contributed by atoms with Crippen LogP contribution in [-0.4, -0.2) is 39.2 Å². The Labute approximate surface area is 141 Å². The number of hydrogen-bond donors (Lipinski definition) is 0. The molecule has 0 radical (unpaired) electrons. The first-order valence-electron chi connectivity index (χ1n) is 8.14. The molecule has 1 aliphatic rings. The first-order valence-corrected chi connectivity index (χ1v) is 9.13. The van der Waals surface area contributed by atoms with Gasteiger partial charge >= 0.3 is 0 Å². The molecule has 1 aromatic heterocycles. The van der Waals surface area contributed by atoms with Gasteiger partial charge in [0, 0.05) is 31.2 Å². The minimum absolute atomic E-state index is 0.223. The van der Waals surface area contributed by atoms with Gasteiger partial charge in [-0.05, 0) is 43.4 Å². The van der Waals surface area contributed by atoms with Crippen molar-refractivity contribution in [2.24, 2.45) is 5.92 Å². The monoisotopic (exact) mass is 329 g/mol. The lowest BCUT2D eigenvalue weighted by atomic mass is 10.0. The number of benzene rings is 1. The van der Waals surface area contributed by atoms with Gasteiger partial charge in [-0.3, -0.25) is 9.36 Å². The first-order chi connectivity index (χ1) is 11.1. The Bertz CT molecular complexity index is 682. The number of aromatic nitrogens is 2. The molecular formula is C18H23N3OS. The maximum Gasteiger partial charge on any atom is 0.233 e. The van der Waals surface area contributed by atoms with Crippen LogP contribution in [0.2, 0.25) is 0 Å². The average molecular weight is 329 g/mol. The van der Waals surface area contributed by atoms with Gasteiger partial charge in [0.15, 0.2) is 5.16 Å². The van der Waals surface area contributed by atoms with Crippen LogP contribution in [0.1, 0.15) is 25.3 Å². The van der Waals surface area contributed by atoms with Crippen LogP contribution in [0.25, 0.3) is 5.69 Å². The van der Waals surface area contributed by atoms with Crippen molar-refractivity contribution in [3.05, 3.63) is 42.2 Å². The summed E-state index contributed by atoms with van der Waals surface area (Å²) in [5, 5.41) is 0.869. The molecule has 2 heterocycles. The molecule has 5 heteroatoms. The van der Waals surface area contributed by atoms with E-state index in [1.54, 1.807) is 6.20 Å². The summed E-state index contributed by atoms with van der Waals surface area (Å²) in [6, 6.07) is 8.31. The van der Waals surface area contributed by atoms with Gasteiger partial charge in [-0.2, -0.15) is 0 Å². The molecular weight excluding hydrogens is 306 g/mol.